The van der Waals surface area contributed by atoms with Crippen LogP contribution in [0.4, 0.5) is 0 Å². The number of quaternary nitrogens is 1. The second kappa shape index (κ2) is 10.6. The van der Waals surface area contributed by atoms with E-state index in [1.54, 1.807) is 42.5 Å². The molecule has 0 radical (unpaired) electrons. The lowest BCUT2D eigenvalue weighted by atomic mass is 9.88. The van der Waals surface area contributed by atoms with Crippen LogP contribution in [0.2, 0.25) is 0 Å². The number of rotatable bonds is 8. The van der Waals surface area contributed by atoms with E-state index in [-0.39, 0.29) is 56.4 Å². The van der Waals surface area contributed by atoms with E-state index in [0.717, 1.165) is 5.56 Å². The van der Waals surface area contributed by atoms with Crippen LogP contribution >= 0.6 is 12.4 Å². The van der Waals surface area contributed by atoms with Gasteiger partial charge in [-0.15, -0.1) is 12.4 Å². The van der Waals surface area contributed by atoms with E-state index in [9.17, 15) is 18.0 Å². The lowest BCUT2D eigenvalue weighted by molar-refractivity contribution is -0.804. The molecule has 3 rings (SSSR count). The number of para-hydroxylation sites is 1. The number of methoxy groups -OCH3 is 2. The summed E-state index contributed by atoms with van der Waals surface area (Å²) in [5.74, 6) is -0.0329. The van der Waals surface area contributed by atoms with Crippen LogP contribution in [0.15, 0.2) is 42.5 Å². The molecule has 2 aromatic rings. The Bertz CT molecular complexity index is 1110. The maximum atomic E-state index is 13.2. The molecule has 1 aliphatic rings. The molecule has 180 valence electrons. The summed E-state index contributed by atoms with van der Waals surface area (Å²) >= 11 is 0. The van der Waals surface area contributed by atoms with Gasteiger partial charge in [0.15, 0.2) is 23.8 Å². The molecule has 0 bridgehead atoms. The van der Waals surface area contributed by atoms with Crippen molar-refractivity contribution in [1.29, 1.82) is 0 Å². The molecule has 8 nitrogen and oxygen atoms in total. The van der Waals surface area contributed by atoms with Crippen molar-refractivity contribution in [2.45, 2.75) is 19.8 Å². The first-order valence-corrected chi connectivity index (χ1v) is 11.9. The number of likely N-dealkylation sites (tertiary alicyclic amines) is 1. The zero-order valence-corrected chi connectivity index (χ0v) is 20.6. The quantitative estimate of drug-likeness (QED) is 0.443. The molecule has 33 heavy (non-hydrogen) atoms. The zero-order chi connectivity index (χ0) is 23.5. The van der Waals surface area contributed by atoms with Crippen molar-refractivity contribution in [3.8, 4) is 11.5 Å². The number of halogens is 1. The van der Waals surface area contributed by atoms with Crippen molar-refractivity contribution in [3.05, 3.63) is 59.2 Å². The van der Waals surface area contributed by atoms with Gasteiger partial charge in [0, 0.05) is 24.3 Å². The highest BCUT2D eigenvalue weighted by atomic mass is 35.5. The SMILES string of the molecule is COc1cccc(C(=O)C2CC[N+](CC(=O)c3ccc(C)cc3)(S(N)(=O)=O)CC2)c1OC.Cl. The minimum atomic E-state index is -4.08. The Labute approximate surface area is 200 Å². The molecule has 10 heteroatoms. The number of ether oxygens (including phenoxy) is 2. The van der Waals surface area contributed by atoms with Crippen molar-refractivity contribution in [3.63, 3.8) is 0 Å². The van der Waals surface area contributed by atoms with Gasteiger partial charge >= 0.3 is 10.2 Å². The summed E-state index contributed by atoms with van der Waals surface area (Å²) in [4.78, 5) is 26.0. The molecule has 0 aliphatic carbocycles. The van der Waals surface area contributed by atoms with E-state index in [0.29, 0.717) is 22.6 Å². The van der Waals surface area contributed by atoms with Crippen molar-refractivity contribution in [2.75, 3.05) is 33.9 Å². The number of ketones is 2. The fourth-order valence-electron chi connectivity index (χ4n) is 4.20. The van der Waals surface area contributed by atoms with Crippen LogP contribution in [-0.4, -0.2) is 57.7 Å². The monoisotopic (exact) mass is 497 g/mol. The first-order valence-electron chi connectivity index (χ1n) is 10.4. The molecule has 2 aromatic carbocycles. The lowest BCUT2D eigenvalue weighted by Gasteiger charge is -2.39. The number of hydrogen-bond acceptors (Lipinski definition) is 6. The lowest BCUT2D eigenvalue weighted by Crippen LogP contribution is -2.61. The number of aryl methyl sites for hydroxylation is 1. The number of carbonyl (C=O) groups excluding carboxylic acids is 2. The molecule has 1 aliphatic heterocycles. The van der Waals surface area contributed by atoms with Gasteiger partial charge in [-0.2, -0.15) is 17.4 Å². The van der Waals surface area contributed by atoms with E-state index in [1.807, 2.05) is 6.92 Å². The Balaban J connectivity index is 0.00000385. The summed E-state index contributed by atoms with van der Waals surface area (Å²) in [6.45, 7) is 1.81. The van der Waals surface area contributed by atoms with E-state index in [1.165, 1.54) is 14.2 Å². The average Bonchev–Trinajstić information content (AvgIpc) is 2.78. The molecule has 1 saturated heterocycles. The van der Waals surface area contributed by atoms with Crippen molar-refractivity contribution >= 4 is 34.2 Å². The van der Waals surface area contributed by atoms with Gasteiger partial charge in [0.05, 0.1) is 32.9 Å². The van der Waals surface area contributed by atoms with Crippen LogP contribution < -0.4 is 14.6 Å². The summed E-state index contributed by atoms with van der Waals surface area (Å²) in [5.41, 5.74) is 1.84. The number of nitrogens with zero attached hydrogens (tertiary/aromatic N) is 1. The Morgan fingerprint density at radius 2 is 1.64 bits per heavy atom. The molecule has 1 heterocycles. The van der Waals surface area contributed by atoms with Crippen molar-refractivity contribution in [1.82, 2.24) is 0 Å². The summed E-state index contributed by atoms with van der Waals surface area (Å²) in [6, 6.07) is 12.1. The summed E-state index contributed by atoms with van der Waals surface area (Å²) < 4.78 is 35.2. The van der Waals surface area contributed by atoms with Crippen molar-refractivity contribution < 1.29 is 31.4 Å². The molecule has 0 saturated carbocycles. The van der Waals surface area contributed by atoms with Crippen LogP contribution in [-0.2, 0) is 10.2 Å². The third-order valence-electron chi connectivity index (χ3n) is 6.15. The normalized spacial score (nSPS) is 20.4. The largest absolute Gasteiger partial charge is 0.493 e. The minimum absolute atomic E-state index is 0. The van der Waals surface area contributed by atoms with E-state index in [4.69, 9.17) is 14.6 Å². The second-order valence-corrected chi connectivity index (χ2v) is 9.95. The maximum absolute atomic E-state index is 13.2. The van der Waals surface area contributed by atoms with Crippen LogP contribution in [0.3, 0.4) is 0 Å². The summed E-state index contributed by atoms with van der Waals surface area (Å²) in [7, 11) is -1.11. The minimum Gasteiger partial charge on any atom is -0.493 e. The maximum Gasteiger partial charge on any atom is 0.367 e. The van der Waals surface area contributed by atoms with E-state index >= 15 is 0 Å². The van der Waals surface area contributed by atoms with Gasteiger partial charge in [-0.05, 0) is 19.1 Å². The smallest absolute Gasteiger partial charge is 0.367 e. The molecule has 0 spiro atoms. The highest BCUT2D eigenvalue weighted by Crippen LogP contribution is 2.35. The summed E-state index contributed by atoms with van der Waals surface area (Å²) in [5, 5.41) is 5.58. The number of Topliss-reactive ketones (excluding diaryl/α,β-unsaturated/α-hetero) is 2. The first kappa shape index (κ1) is 26.8. The van der Waals surface area contributed by atoms with Crippen LogP contribution in [0.5, 0.6) is 11.5 Å². The highest BCUT2D eigenvalue weighted by molar-refractivity contribution is 7.83. The summed E-state index contributed by atoms with van der Waals surface area (Å²) in [6.07, 6.45) is 0.577. The van der Waals surface area contributed by atoms with E-state index < -0.39 is 20.0 Å². The number of piperidine rings is 1. The van der Waals surface area contributed by atoms with Crippen LogP contribution in [0.1, 0.15) is 39.1 Å². The van der Waals surface area contributed by atoms with E-state index in [2.05, 4.69) is 0 Å². The fourth-order valence-corrected chi connectivity index (χ4v) is 5.21. The molecular formula is C23H30ClN2O6S+. The van der Waals surface area contributed by atoms with Crippen LogP contribution in [0, 0.1) is 12.8 Å². The highest BCUT2D eigenvalue weighted by Gasteiger charge is 2.46. The van der Waals surface area contributed by atoms with Gasteiger partial charge < -0.3 is 9.47 Å². The van der Waals surface area contributed by atoms with Crippen molar-refractivity contribution in [2.24, 2.45) is 11.1 Å². The fraction of sp³-hybridized carbons (Fsp3) is 0.391. The zero-order valence-electron chi connectivity index (χ0n) is 18.9. The van der Waals surface area contributed by atoms with Gasteiger partial charge in [0.2, 0.25) is 5.78 Å². The second-order valence-electron chi connectivity index (χ2n) is 8.15. The van der Waals surface area contributed by atoms with Gasteiger partial charge in [-0.25, -0.2) is 0 Å². The number of hydrogen-bond donors (Lipinski definition) is 1. The first-order chi connectivity index (χ1) is 15.1. The molecule has 0 amide bonds. The number of nitrogens with two attached hydrogens (primary N) is 1. The third-order valence-corrected chi connectivity index (χ3v) is 7.73. The van der Waals surface area contributed by atoms with Gasteiger partial charge in [0.25, 0.3) is 0 Å². The van der Waals surface area contributed by atoms with Gasteiger partial charge in [0.1, 0.15) is 0 Å². The Morgan fingerprint density at radius 1 is 1.03 bits per heavy atom. The van der Waals surface area contributed by atoms with Gasteiger partial charge in [-0.1, -0.05) is 35.9 Å². The standard InChI is InChI=1S/C23H29N2O6S.ClH/c1-16-7-9-17(10-8-16)20(26)15-25(32(24,28)29)13-11-18(12-14-25)22(27)19-5-4-6-21(30-2)23(19)31-3;/h4-10,18H,11-15H2,1-3H3,(H2,24,28,29);1H/q+1;. The molecule has 1 fully saturated rings. The molecular weight excluding hydrogens is 468 g/mol. The topological polar surface area (TPSA) is 113 Å². The Kier molecular flexibility index (Phi) is 8.64. The van der Waals surface area contributed by atoms with Gasteiger partial charge in [-0.3, -0.25) is 9.59 Å². The predicted octanol–water partition coefficient (Wildman–Crippen LogP) is 2.93. The molecule has 0 aromatic heterocycles. The number of benzene rings is 2. The molecule has 2 N–H and O–H groups in total. The Hall–Kier alpha value is -2.46. The third kappa shape index (κ3) is 5.55. The Morgan fingerprint density at radius 3 is 2.15 bits per heavy atom. The average molecular weight is 498 g/mol. The molecule has 0 atom stereocenters. The number of carbonyl (C=O) groups is 2. The predicted molar refractivity (Wildman–Crippen MR) is 127 cm³/mol. The molecule has 0 unspecified atom stereocenters. The van der Waals surface area contributed by atoms with Crippen LogP contribution in [0.25, 0.3) is 0 Å².